The van der Waals surface area contributed by atoms with Crippen molar-refractivity contribution in [2.24, 2.45) is 0 Å². The van der Waals surface area contributed by atoms with E-state index in [1.807, 2.05) is 19.0 Å². The minimum Gasteiger partial charge on any atom is -0.481 e. The van der Waals surface area contributed by atoms with Crippen LogP contribution in [-0.2, 0) is 9.53 Å². The first-order valence-electron chi connectivity index (χ1n) is 5.31. The molecule has 6 nitrogen and oxygen atoms in total. The summed E-state index contributed by atoms with van der Waals surface area (Å²) in [5.41, 5.74) is 0. The minimum absolute atomic E-state index is 0.0411. The fourth-order valence-corrected chi connectivity index (χ4v) is 1.51. The molecular weight excluding hydrogens is 212 g/mol. The van der Waals surface area contributed by atoms with Gasteiger partial charge in [0.2, 0.25) is 0 Å². The van der Waals surface area contributed by atoms with E-state index in [9.17, 15) is 9.59 Å². The van der Waals surface area contributed by atoms with Gasteiger partial charge < -0.3 is 19.6 Å². The number of amides is 1. The standard InChI is InChI=1S/C10H18N2O4/c1-11(2)5-6-12-7-8(16-10(12)15)3-4-9(13)14/h8H,3-7H2,1-2H3,(H,13,14). The van der Waals surface area contributed by atoms with Gasteiger partial charge in [-0.2, -0.15) is 0 Å². The highest BCUT2D eigenvalue weighted by Gasteiger charge is 2.30. The number of rotatable bonds is 6. The van der Waals surface area contributed by atoms with E-state index < -0.39 is 5.97 Å². The van der Waals surface area contributed by atoms with Gasteiger partial charge in [0.25, 0.3) is 0 Å². The van der Waals surface area contributed by atoms with Crippen LogP contribution in [0.3, 0.4) is 0 Å². The molecule has 1 amide bonds. The molecule has 0 aromatic carbocycles. The molecule has 6 heteroatoms. The summed E-state index contributed by atoms with van der Waals surface area (Å²) in [4.78, 5) is 25.4. The van der Waals surface area contributed by atoms with E-state index in [1.165, 1.54) is 0 Å². The van der Waals surface area contributed by atoms with Gasteiger partial charge in [-0.25, -0.2) is 4.79 Å². The number of ether oxygens (including phenoxy) is 1. The molecule has 92 valence electrons. The zero-order valence-electron chi connectivity index (χ0n) is 9.68. The number of aliphatic carboxylic acids is 1. The lowest BCUT2D eigenvalue weighted by molar-refractivity contribution is -0.137. The molecule has 16 heavy (non-hydrogen) atoms. The highest BCUT2D eigenvalue weighted by atomic mass is 16.6. The Labute approximate surface area is 94.8 Å². The van der Waals surface area contributed by atoms with E-state index in [-0.39, 0.29) is 18.6 Å². The van der Waals surface area contributed by atoms with Crippen molar-refractivity contribution in [3.8, 4) is 0 Å². The van der Waals surface area contributed by atoms with Gasteiger partial charge in [0, 0.05) is 19.5 Å². The lowest BCUT2D eigenvalue weighted by atomic mass is 10.2. The van der Waals surface area contributed by atoms with Crippen molar-refractivity contribution < 1.29 is 19.4 Å². The molecule has 1 atom stereocenters. The molecule has 1 heterocycles. The molecule has 1 rings (SSSR count). The van der Waals surface area contributed by atoms with Crippen molar-refractivity contribution in [1.82, 2.24) is 9.80 Å². The molecule has 0 aliphatic carbocycles. The summed E-state index contributed by atoms with van der Waals surface area (Å²) in [5, 5.41) is 8.52. The van der Waals surface area contributed by atoms with Gasteiger partial charge in [0.15, 0.2) is 0 Å². The van der Waals surface area contributed by atoms with Gasteiger partial charge in [-0.1, -0.05) is 0 Å². The number of carbonyl (C=O) groups excluding carboxylic acids is 1. The third-order valence-electron chi connectivity index (χ3n) is 2.45. The minimum atomic E-state index is -0.859. The fraction of sp³-hybridized carbons (Fsp3) is 0.800. The average molecular weight is 230 g/mol. The number of carbonyl (C=O) groups is 2. The first kappa shape index (κ1) is 12.8. The van der Waals surface area contributed by atoms with Crippen molar-refractivity contribution in [2.45, 2.75) is 18.9 Å². The maximum absolute atomic E-state index is 11.4. The molecule has 1 saturated heterocycles. The van der Waals surface area contributed by atoms with E-state index in [4.69, 9.17) is 9.84 Å². The van der Waals surface area contributed by atoms with Crippen LogP contribution >= 0.6 is 0 Å². The SMILES string of the molecule is CN(C)CCN1CC(CCC(=O)O)OC1=O. The number of cyclic esters (lactones) is 1. The Morgan fingerprint density at radius 2 is 2.31 bits per heavy atom. The number of carboxylic acid groups (broad SMARTS) is 1. The summed E-state index contributed by atoms with van der Waals surface area (Å²) in [7, 11) is 3.87. The Balaban J connectivity index is 2.29. The van der Waals surface area contributed by atoms with E-state index >= 15 is 0 Å². The Kier molecular flexibility index (Phi) is 4.54. The number of hydrogen-bond donors (Lipinski definition) is 1. The summed E-state index contributed by atoms with van der Waals surface area (Å²) >= 11 is 0. The van der Waals surface area contributed by atoms with Crippen LogP contribution in [-0.4, -0.2) is 66.8 Å². The average Bonchev–Trinajstić information content (AvgIpc) is 2.53. The molecular formula is C10H18N2O4. The smallest absolute Gasteiger partial charge is 0.410 e. The summed E-state index contributed by atoms with van der Waals surface area (Å²) < 4.78 is 5.06. The lowest BCUT2D eigenvalue weighted by Crippen LogP contribution is -2.32. The second-order valence-corrected chi connectivity index (χ2v) is 4.19. The third-order valence-corrected chi connectivity index (χ3v) is 2.45. The lowest BCUT2D eigenvalue weighted by Gasteiger charge is -2.16. The molecule has 0 aromatic rings. The maximum Gasteiger partial charge on any atom is 0.410 e. The highest BCUT2D eigenvalue weighted by Crippen LogP contribution is 2.15. The number of hydrogen-bond acceptors (Lipinski definition) is 4. The van der Waals surface area contributed by atoms with Gasteiger partial charge in [-0.15, -0.1) is 0 Å². The van der Waals surface area contributed by atoms with Gasteiger partial charge in [0.1, 0.15) is 6.10 Å². The molecule has 1 unspecified atom stereocenters. The van der Waals surface area contributed by atoms with E-state index in [0.29, 0.717) is 19.5 Å². The molecule has 1 fully saturated rings. The fourth-order valence-electron chi connectivity index (χ4n) is 1.51. The number of carboxylic acids is 1. The Morgan fingerprint density at radius 1 is 1.62 bits per heavy atom. The third kappa shape index (κ3) is 4.06. The van der Waals surface area contributed by atoms with Crippen LogP contribution in [0.25, 0.3) is 0 Å². The molecule has 1 aliphatic rings. The second-order valence-electron chi connectivity index (χ2n) is 4.19. The Morgan fingerprint density at radius 3 is 2.88 bits per heavy atom. The van der Waals surface area contributed by atoms with Gasteiger partial charge in [-0.3, -0.25) is 4.79 Å². The zero-order valence-corrected chi connectivity index (χ0v) is 9.68. The van der Waals surface area contributed by atoms with Gasteiger partial charge in [0.05, 0.1) is 6.54 Å². The zero-order chi connectivity index (χ0) is 12.1. The molecule has 0 aromatic heterocycles. The topological polar surface area (TPSA) is 70.1 Å². The number of nitrogens with zero attached hydrogens (tertiary/aromatic N) is 2. The van der Waals surface area contributed by atoms with Crippen LogP contribution in [0.1, 0.15) is 12.8 Å². The van der Waals surface area contributed by atoms with Crippen molar-refractivity contribution in [1.29, 1.82) is 0 Å². The first-order valence-corrected chi connectivity index (χ1v) is 5.31. The number of likely N-dealkylation sites (N-methyl/N-ethyl adjacent to an activating group) is 1. The maximum atomic E-state index is 11.4. The van der Waals surface area contributed by atoms with Crippen LogP contribution in [0.5, 0.6) is 0 Å². The van der Waals surface area contributed by atoms with E-state index in [2.05, 4.69) is 0 Å². The van der Waals surface area contributed by atoms with Crippen molar-refractivity contribution in [3.63, 3.8) is 0 Å². The van der Waals surface area contributed by atoms with Crippen molar-refractivity contribution in [3.05, 3.63) is 0 Å². The summed E-state index contributed by atoms with van der Waals surface area (Å²) in [6.07, 6.45) is -0.179. The van der Waals surface area contributed by atoms with E-state index in [0.717, 1.165) is 6.54 Å². The predicted molar refractivity (Wildman–Crippen MR) is 57.3 cm³/mol. The van der Waals surface area contributed by atoms with Crippen LogP contribution < -0.4 is 0 Å². The Hall–Kier alpha value is -1.30. The molecule has 1 aliphatic heterocycles. The highest BCUT2D eigenvalue weighted by molar-refractivity contribution is 5.70. The van der Waals surface area contributed by atoms with Crippen molar-refractivity contribution >= 4 is 12.1 Å². The second kappa shape index (κ2) is 5.69. The molecule has 0 bridgehead atoms. The van der Waals surface area contributed by atoms with Crippen LogP contribution in [0.15, 0.2) is 0 Å². The van der Waals surface area contributed by atoms with Crippen LogP contribution in [0, 0.1) is 0 Å². The summed E-state index contributed by atoms with van der Waals surface area (Å²) in [6.45, 7) is 1.90. The molecule has 0 saturated carbocycles. The molecule has 0 radical (unpaired) electrons. The van der Waals surface area contributed by atoms with Crippen LogP contribution in [0.4, 0.5) is 4.79 Å². The summed E-state index contributed by atoms with van der Waals surface area (Å²) in [6, 6.07) is 0. The first-order chi connectivity index (χ1) is 7.49. The monoisotopic (exact) mass is 230 g/mol. The van der Waals surface area contributed by atoms with Crippen molar-refractivity contribution in [2.75, 3.05) is 33.7 Å². The van der Waals surface area contributed by atoms with Gasteiger partial charge >= 0.3 is 12.1 Å². The van der Waals surface area contributed by atoms with Gasteiger partial charge in [-0.05, 0) is 20.5 Å². The van der Waals surface area contributed by atoms with E-state index in [1.54, 1.807) is 4.90 Å². The normalized spacial score (nSPS) is 20.3. The summed E-state index contributed by atoms with van der Waals surface area (Å²) in [5.74, 6) is -0.859. The molecule has 1 N–H and O–H groups in total. The Bertz CT molecular complexity index is 268. The largest absolute Gasteiger partial charge is 0.481 e. The van der Waals surface area contributed by atoms with Crippen LogP contribution in [0.2, 0.25) is 0 Å². The predicted octanol–water partition coefficient (Wildman–Crippen LogP) is 0.234. The quantitative estimate of drug-likeness (QED) is 0.707. The molecule has 0 spiro atoms.